The van der Waals surface area contributed by atoms with Gasteiger partial charge in [0.15, 0.2) is 11.6 Å². The molecule has 23 bridgehead atoms. The molecule has 19 aliphatic heterocycles. The SMILES string of the molecule is C=C1C[C@@H]2CC[C@@]34C[C@H]5O[C@@H]6[C@@H](O[C@@H](C/C=C/CC(=O)C[C@@H]7[C@@H](C)[C@@H](C[C@H](C)CC)O[C@H]7C[C@H]7OC(CC[C@@H]1O2)C[C@@H](C)C7=C)C(C)[C@@H]6O3)[C@H]5O4.C=C1C[C@@H]2CC[C@@]34C[C@H]5O[C@H]6[C@@H](O3)[C@H]3OC(CC[C@@H]3O[C@H]6[C@H]5O4)CC(=O)C[C@@H]3[C@@H](C)[C@@H](C[C@H](O)CO)O[C@H]3C[C@H]3OC(CC[C@@H]1O2)C[C@@H](C)C3=C. The number of aliphatic hydroxyl groups excluding tert-OH is 2. The lowest BCUT2D eigenvalue weighted by Gasteiger charge is -2.47. The van der Waals surface area contributed by atoms with E-state index < -0.39 is 17.7 Å². The Morgan fingerprint density at radius 2 is 0.931 bits per heavy atom. The second-order valence-corrected chi connectivity index (χ2v) is 35.5. The zero-order valence-corrected chi connectivity index (χ0v) is 62.1. The topological polar surface area (TPSA) is 213 Å². The van der Waals surface area contributed by atoms with Gasteiger partial charge in [-0.05, 0) is 154 Å². The van der Waals surface area contributed by atoms with Crippen LogP contribution in [0.3, 0.4) is 0 Å². The van der Waals surface area contributed by atoms with Gasteiger partial charge in [-0.25, -0.2) is 0 Å². The molecule has 2 N–H and O–H groups in total. The van der Waals surface area contributed by atoms with Crippen molar-refractivity contribution in [1.82, 2.24) is 0 Å². The Bertz CT molecular complexity index is 3100. The molecule has 2 spiro atoms. The van der Waals surface area contributed by atoms with E-state index in [0.29, 0.717) is 75.0 Å². The van der Waals surface area contributed by atoms with Gasteiger partial charge in [0, 0.05) is 76.5 Å². The van der Waals surface area contributed by atoms with E-state index in [1.165, 1.54) is 11.1 Å². The predicted molar refractivity (Wildman–Crippen MR) is 377 cm³/mol. The second kappa shape index (κ2) is 30.0. The van der Waals surface area contributed by atoms with Crippen molar-refractivity contribution in [2.75, 3.05) is 6.61 Å². The summed E-state index contributed by atoms with van der Waals surface area (Å²) in [6.45, 7) is 33.3. The number of ketones is 2. The van der Waals surface area contributed by atoms with E-state index in [0.717, 1.165) is 127 Å². The Labute approximate surface area is 606 Å². The number of fused-ring (bicyclic) bond motifs is 12. The van der Waals surface area contributed by atoms with E-state index in [9.17, 15) is 19.8 Å². The van der Waals surface area contributed by atoms with Crippen molar-refractivity contribution in [3.05, 3.63) is 60.8 Å². The minimum absolute atomic E-state index is 0.00300. The summed E-state index contributed by atoms with van der Waals surface area (Å²) < 4.78 is 101. The third kappa shape index (κ3) is 14.5. The highest BCUT2D eigenvalue weighted by molar-refractivity contribution is 5.80. The molecule has 4 unspecified atom stereocenters. The van der Waals surface area contributed by atoms with Gasteiger partial charge in [0.05, 0.1) is 123 Å². The monoisotopic (exact) mass is 1420 g/mol. The molecule has 19 heterocycles. The number of Topliss-reactive ketones (excluding diaryl/α,β-unsaturated/α-hetero) is 2. The predicted octanol–water partition coefficient (Wildman–Crippen LogP) is 11.9. The molecule has 19 aliphatic rings. The number of rotatable bonds is 6. The number of aliphatic hydroxyl groups is 2. The number of carbonyl (C=O) groups excluding carboxylic acids is 2. The highest BCUT2D eigenvalue weighted by Gasteiger charge is 2.70. The second-order valence-electron chi connectivity index (χ2n) is 35.5. The largest absolute Gasteiger partial charge is 0.394 e. The Hall–Kier alpha value is -2.64. The molecule has 19 rings (SSSR count). The minimum atomic E-state index is -0.872. The van der Waals surface area contributed by atoms with Crippen molar-refractivity contribution in [3.63, 3.8) is 0 Å². The van der Waals surface area contributed by atoms with Gasteiger partial charge in [0.25, 0.3) is 0 Å². The zero-order chi connectivity index (χ0) is 70.8. The van der Waals surface area contributed by atoms with Crippen LogP contribution in [0.5, 0.6) is 0 Å². The Morgan fingerprint density at radius 3 is 1.50 bits per heavy atom. The van der Waals surface area contributed by atoms with Gasteiger partial charge >= 0.3 is 0 Å². The third-order valence-electron chi connectivity index (χ3n) is 28.6. The van der Waals surface area contributed by atoms with E-state index in [2.05, 4.69) is 86.9 Å². The summed E-state index contributed by atoms with van der Waals surface area (Å²) in [5, 5.41) is 20.0. The summed E-state index contributed by atoms with van der Waals surface area (Å²) in [7, 11) is 0. The number of hydrogen-bond acceptors (Lipinski definition) is 19. The van der Waals surface area contributed by atoms with Crippen LogP contribution in [-0.2, 0) is 80.6 Å². The molecule has 18 saturated heterocycles. The van der Waals surface area contributed by atoms with Crippen molar-refractivity contribution in [3.8, 4) is 0 Å². The Kier molecular flexibility index (Phi) is 21.6. The van der Waals surface area contributed by atoms with Crippen molar-refractivity contribution < 1.29 is 90.9 Å². The lowest BCUT2D eigenvalue weighted by Crippen LogP contribution is -2.61. The van der Waals surface area contributed by atoms with Crippen LogP contribution in [0.1, 0.15) is 215 Å². The normalized spacial score (nSPS) is 52.3. The smallest absolute Gasteiger partial charge is 0.172 e. The molecule has 0 aliphatic carbocycles. The van der Waals surface area contributed by atoms with Crippen LogP contribution in [0.4, 0.5) is 0 Å². The van der Waals surface area contributed by atoms with Crippen LogP contribution in [-0.4, -0.2) is 205 Å². The lowest BCUT2D eigenvalue weighted by molar-refractivity contribution is -0.292. The average molecular weight is 1420 g/mol. The highest BCUT2D eigenvalue weighted by Crippen LogP contribution is 2.57. The number of ether oxygens (including phenoxy) is 15. The van der Waals surface area contributed by atoms with Crippen LogP contribution in [0, 0.1) is 47.3 Å². The summed E-state index contributed by atoms with van der Waals surface area (Å²) >= 11 is 0. The van der Waals surface area contributed by atoms with Crippen LogP contribution < -0.4 is 0 Å². The van der Waals surface area contributed by atoms with Crippen LogP contribution >= 0.6 is 0 Å². The van der Waals surface area contributed by atoms with Gasteiger partial charge < -0.3 is 81.3 Å². The molecule has 0 aromatic rings. The van der Waals surface area contributed by atoms with Gasteiger partial charge in [-0.3, -0.25) is 9.59 Å². The van der Waals surface area contributed by atoms with Gasteiger partial charge in [0.1, 0.15) is 60.4 Å². The molecule has 19 nitrogen and oxygen atoms in total. The third-order valence-corrected chi connectivity index (χ3v) is 28.6. The van der Waals surface area contributed by atoms with E-state index in [-0.39, 0.29) is 201 Å². The maximum atomic E-state index is 14.0. The lowest BCUT2D eigenvalue weighted by atomic mass is 9.78. The van der Waals surface area contributed by atoms with Crippen molar-refractivity contribution >= 4 is 11.6 Å². The van der Waals surface area contributed by atoms with E-state index in [4.69, 9.17) is 71.1 Å². The summed E-state index contributed by atoms with van der Waals surface area (Å²) in [5.74, 6) is 0.824. The van der Waals surface area contributed by atoms with E-state index in [1.807, 2.05) is 0 Å². The standard InChI is InChI=1S/C43H64O8.C40H58O11/c1-8-23(2)17-35-27(6)32-20-29(44)11-9-10-12-34-28(7)39-41-42(48-34)40-38(49-41)22-43(50-39,51-40)16-15-31-19-25(4)33(45-31)14-13-30-18-24(3)26(5)36(46-30)21-37(32)47-35;1-19-11-25-5-7-29-20(2)12-27(44-29)9-10-40-17-34-36(50-40)37-38(49-34)39(51-40)35-30(48-37)8-6-26(46-35)13-23(42)14-28-22(4)31(15-24(43)18-41)47-33(28)16-32(45-25)21(19)3/h9-10,23-24,27-28,30-42H,4-5,8,11-22H2,1-3,6-7H3;19,22,24-39,41,43H,2-3,5-18H2,1,4H3/b10-9+;/t23-,24-,27-,28?,30?,31+,32-,33+,34+,35-,36-,37+,38-,39+,40+,41+,42+,43-;19-,22-,24+,25?,26?,27+,28-,29+,30+,31-,32-,33+,34-,35+,36+,37+,38-,39+,40+/m11/s1. The minimum Gasteiger partial charge on any atom is -0.394 e. The highest BCUT2D eigenvalue weighted by atomic mass is 16.8. The van der Waals surface area contributed by atoms with Crippen molar-refractivity contribution in [1.29, 1.82) is 0 Å². The maximum absolute atomic E-state index is 14.0. The van der Waals surface area contributed by atoms with Crippen LogP contribution in [0.2, 0.25) is 0 Å². The first kappa shape index (κ1) is 73.5. The first-order chi connectivity index (χ1) is 49.1. The van der Waals surface area contributed by atoms with Crippen LogP contribution in [0.25, 0.3) is 0 Å². The van der Waals surface area contributed by atoms with Crippen molar-refractivity contribution in [2.24, 2.45) is 47.3 Å². The van der Waals surface area contributed by atoms with Gasteiger partial charge in [0.2, 0.25) is 0 Å². The maximum Gasteiger partial charge on any atom is 0.172 e. The first-order valence-electron chi connectivity index (χ1n) is 40.7. The van der Waals surface area contributed by atoms with Gasteiger partial charge in [-0.15, -0.1) is 0 Å². The fourth-order valence-electron chi connectivity index (χ4n) is 22.2. The molecule has 19 heteroatoms. The molecule has 0 aromatic heterocycles. The molecular formula is C83H122O19. The van der Waals surface area contributed by atoms with E-state index >= 15 is 0 Å². The molecular weight excluding hydrogens is 1300 g/mol. The fraction of sp³-hybridized carbons (Fsp3) is 0.855. The summed E-state index contributed by atoms with van der Waals surface area (Å²) in [6.07, 6.45) is 20.5. The molecule has 0 radical (unpaired) electrons. The van der Waals surface area contributed by atoms with Crippen LogP contribution in [0.15, 0.2) is 60.8 Å². The average Bonchev–Trinajstić information content (AvgIpc) is 1.56. The van der Waals surface area contributed by atoms with Crippen molar-refractivity contribution in [2.45, 2.75) is 392 Å². The molecule has 0 saturated carbocycles. The summed E-state index contributed by atoms with van der Waals surface area (Å²) in [6, 6.07) is 0. The summed E-state index contributed by atoms with van der Waals surface area (Å²) in [5.41, 5.74) is 4.57. The summed E-state index contributed by atoms with van der Waals surface area (Å²) in [4.78, 5) is 27.6. The molecule has 18 fully saturated rings. The fourth-order valence-corrected chi connectivity index (χ4v) is 22.2. The number of allylic oxidation sites excluding steroid dienone is 1. The number of hydrogen-bond donors (Lipinski definition) is 2. The van der Waals surface area contributed by atoms with Gasteiger partial charge in [-0.2, -0.15) is 0 Å². The molecule has 568 valence electrons. The molecule has 0 amide bonds. The Balaban J connectivity index is 0.000000158. The molecule has 0 aromatic carbocycles. The van der Waals surface area contributed by atoms with E-state index in [1.54, 1.807) is 0 Å². The molecule has 102 heavy (non-hydrogen) atoms. The first-order valence-corrected chi connectivity index (χ1v) is 40.7. The molecule has 37 atom stereocenters. The van der Waals surface area contributed by atoms with Gasteiger partial charge in [-0.1, -0.05) is 93.4 Å². The quantitative estimate of drug-likeness (QED) is 0.237. The zero-order valence-electron chi connectivity index (χ0n) is 62.1. The Morgan fingerprint density at radius 1 is 0.451 bits per heavy atom. The number of carbonyl (C=O) groups is 2.